The van der Waals surface area contributed by atoms with Gasteiger partial charge in [0.2, 0.25) is 5.91 Å². The van der Waals surface area contributed by atoms with E-state index in [1.54, 1.807) is 26.0 Å². The molecule has 0 unspecified atom stereocenters. The maximum atomic E-state index is 11.0. The molecule has 64 valence electrons. The number of aldehydes is 1. The third kappa shape index (κ3) is 4.50. The van der Waals surface area contributed by atoms with Gasteiger partial charge >= 0.3 is 0 Å². The summed E-state index contributed by atoms with van der Waals surface area (Å²) in [6.07, 6.45) is 0.781. The van der Waals surface area contributed by atoms with Crippen LogP contribution in [0.5, 0.6) is 0 Å². The number of likely N-dealkylation sites (N-methyl/N-ethyl adjacent to an activating group) is 2. The molecule has 0 fully saturated rings. The molecular formula is C7H14N2O2. The molecule has 0 atom stereocenters. The zero-order valence-electron chi connectivity index (χ0n) is 7.20. The zero-order chi connectivity index (χ0) is 8.85. The van der Waals surface area contributed by atoms with E-state index in [1.165, 1.54) is 4.90 Å². The van der Waals surface area contributed by atoms with E-state index in [1.807, 2.05) is 0 Å². The first kappa shape index (κ1) is 10.1. The monoisotopic (exact) mass is 158 g/mol. The Balaban J connectivity index is 3.65. The Bertz CT molecular complexity index is 145. The lowest BCUT2D eigenvalue weighted by atomic mass is 10.5. The summed E-state index contributed by atoms with van der Waals surface area (Å²) in [4.78, 5) is 24.2. The topological polar surface area (TPSA) is 40.6 Å². The van der Waals surface area contributed by atoms with Gasteiger partial charge in [-0.05, 0) is 7.05 Å². The predicted molar refractivity (Wildman–Crippen MR) is 42.3 cm³/mol. The lowest BCUT2D eigenvalue weighted by Crippen LogP contribution is -2.35. The Morgan fingerprint density at radius 1 is 1.36 bits per heavy atom. The van der Waals surface area contributed by atoms with Gasteiger partial charge in [0.25, 0.3) is 0 Å². The minimum Gasteiger partial charge on any atom is -0.348 e. The number of rotatable bonds is 4. The highest BCUT2D eigenvalue weighted by Crippen LogP contribution is 1.83. The van der Waals surface area contributed by atoms with Crippen LogP contribution in [-0.4, -0.2) is 56.2 Å². The molecule has 0 heterocycles. The number of hydrogen-bond donors (Lipinski definition) is 0. The molecule has 0 aromatic heterocycles. The van der Waals surface area contributed by atoms with Gasteiger partial charge in [0.1, 0.15) is 6.29 Å². The fourth-order valence-corrected chi connectivity index (χ4v) is 0.564. The molecule has 0 N–H and O–H groups in total. The highest BCUT2D eigenvalue weighted by Gasteiger charge is 2.06. The Morgan fingerprint density at radius 3 is 2.27 bits per heavy atom. The number of nitrogens with zero attached hydrogens (tertiary/aromatic N) is 2. The van der Waals surface area contributed by atoms with Crippen molar-refractivity contribution in [3.63, 3.8) is 0 Å². The lowest BCUT2D eigenvalue weighted by Gasteiger charge is -2.15. The molecule has 0 rings (SSSR count). The standard InChI is InChI=1S/C7H14N2O2/c1-8(2)7(11)6-9(3)4-5-10/h5H,4,6H2,1-3H3. The summed E-state index contributed by atoms with van der Waals surface area (Å²) in [7, 11) is 5.12. The van der Waals surface area contributed by atoms with E-state index in [9.17, 15) is 9.59 Å². The van der Waals surface area contributed by atoms with Gasteiger partial charge in [0.15, 0.2) is 0 Å². The maximum Gasteiger partial charge on any atom is 0.236 e. The molecule has 1 amide bonds. The second-order valence-electron chi connectivity index (χ2n) is 2.65. The maximum absolute atomic E-state index is 11.0. The Hall–Kier alpha value is -0.900. The molecule has 0 spiro atoms. The number of carbonyl (C=O) groups excluding carboxylic acids is 2. The Labute approximate surface area is 66.8 Å². The van der Waals surface area contributed by atoms with Crippen LogP contribution >= 0.6 is 0 Å². The molecule has 0 aromatic rings. The molecule has 0 aromatic carbocycles. The molecule has 11 heavy (non-hydrogen) atoms. The quantitative estimate of drug-likeness (QED) is 0.503. The summed E-state index contributed by atoms with van der Waals surface area (Å²) < 4.78 is 0. The molecule has 0 aliphatic carbocycles. The first-order valence-corrected chi connectivity index (χ1v) is 3.40. The van der Waals surface area contributed by atoms with Crippen LogP contribution in [0, 0.1) is 0 Å². The normalized spacial score (nSPS) is 9.82. The second-order valence-corrected chi connectivity index (χ2v) is 2.65. The van der Waals surface area contributed by atoms with Crippen LogP contribution in [0.15, 0.2) is 0 Å². The van der Waals surface area contributed by atoms with Crippen molar-refractivity contribution < 1.29 is 9.59 Å². The summed E-state index contributed by atoms with van der Waals surface area (Å²) in [6, 6.07) is 0. The minimum absolute atomic E-state index is 0.00866. The van der Waals surface area contributed by atoms with Crippen molar-refractivity contribution in [1.82, 2.24) is 9.80 Å². The van der Waals surface area contributed by atoms with Crippen molar-refractivity contribution >= 4 is 12.2 Å². The van der Waals surface area contributed by atoms with E-state index in [4.69, 9.17) is 0 Å². The van der Waals surface area contributed by atoms with Crippen LogP contribution < -0.4 is 0 Å². The molecule has 4 nitrogen and oxygen atoms in total. The lowest BCUT2D eigenvalue weighted by molar-refractivity contribution is -0.129. The van der Waals surface area contributed by atoms with Crippen LogP contribution in [0.25, 0.3) is 0 Å². The number of carbonyl (C=O) groups is 2. The average Bonchev–Trinajstić information content (AvgIpc) is 1.87. The van der Waals surface area contributed by atoms with Crippen LogP contribution in [0.3, 0.4) is 0 Å². The second kappa shape index (κ2) is 4.85. The van der Waals surface area contributed by atoms with Gasteiger partial charge < -0.3 is 9.69 Å². The fourth-order valence-electron chi connectivity index (χ4n) is 0.564. The fraction of sp³-hybridized carbons (Fsp3) is 0.714. The summed E-state index contributed by atoms with van der Waals surface area (Å²) in [5, 5.41) is 0. The molecule has 0 bridgehead atoms. The molecule has 0 saturated heterocycles. The Kier molecular flexibility index (Phi) is 4.45. The van der Waals surface area contributed by atoms with Gasteiger partial charge in [-0.15, -0.1) is 0 Å². The van der Waals surface area contributed by atoms with Crippen LogP contribution in [0.1, 0.15) is 0 Å². The van der Waals surface area contributed by atoms with Crippen molar-refractivity contribution in [2.75, 3.05) is 34.2 Å². The summed E-state index contributed by atoms with van der Waals surface area (Å²) in [5.74, 6) is 0.00866. The van der Waals surface area contributed by atoms with Crippen molar-refractivity contribution in [2.24, 2.45) is 0 Å². The molecule has 0 saturated carbocycles. The largest absolute Gasteiger partial charge is 0.348 e. The van der Waals surface area contributed by atoms with Crippen molar-refractivity contribution in [3.8, 4) is 0 Å². The first-order chi connectivity index (χ1) is 5.07. The van der Waals surface area contributed by atoms with E-state index in [-0.39, 0.29) is 5.91 Å². The van der Waals surface area contributed by atoms with Crippen LogP contribution in [0.2, 0.25) is 0 Å². The molecule has 0 aliphatic rings. The average molecular weight is 158 g/mol. The van der Waals surface area contributed by atoms with Crippen LogP contribution in [-0.2, 0) is 9.59 Å². The third-order valence-electron chi connectivity index (χ3n) is 1.29. The summed E-state index contributed by atoms with van der Waals surface area (Å²) in [6.45, 7) is 0.602. The zero-order valence-corrected chi connectivity index (χ0v) is 7.20. The third-order valence-corrected chi connectivity index (χ3v) is 1.29. The van der Waals surface area contributed by atoms with E-state index in [2.05, 4.69) is 0 Å². The minimum atomic E-state index is 0.00866. The van der Waals surface area contributed by atoms with Gasteiger partial charge in [0, 0.05) is 14.1 Å². The van der Waals surface area contributed by atoms with Gasteiger partial charge in [-0.3, -0.25) is 9.69 Å². The number of amides is 1. The highest BCUT2D eigenvalue weighted by atomic mass is 16.2. The van der Waals surface area contributed by atoms with Gasteiger partial charge in [0.05, 0.1) is 13.1 Å². The predicted octanol–water partition coefficient (Wildman–Crippen LogP) is -0.795. The molecular weight excluding hydrogens is 144 g/mol. The van der Waals surface area contributed by atoms with Gasteiger partial charge in [-0.25, -0.2) is 0 Å². The SMILES string of the molecule is CN(CC=O)CC(=O)N(C)C. The van der Waals surface area contributed by atoms with Crippen LogP contribution in [0.4, 0.5) is 0 Å². The summed E-state index contributed by atoms with van der Waals surface area (Å²) >= 11 is 0. The van der Waals surface area contributed by atoms with E-state index in [0.717, 1.165) is 6.29 Å². The first-order valence-electron chi connectivity index (χ1n) is 3.40. The van der Waals surface area contributed by atoms with E-state index < -0.39 is 0 Å². The van der Waals surface area contributed by atoms with E-state index >= 15 is 0 Å². The molecule has 0 aliphatic heterocycles. The van der Waals surface area contributed by atoms with E-state index in [0.29, 0.717) is 13.1 Å². The highest BCUT2D eigenvalue weighted by molar-refractivity contribution is 5.77. The van der Waals surface area contributed by atoms with Crippen molar-refractivity contribution in [1.29, 1.82) is 0 Å². The number of hydrogen-bond acceptors (Lipinski definition) is 3. The Morgan fingerprint density at radius 2 is 1.91 bits per heavy atom. The molecule has 4 heteroatoms. The van der Waals surface area contributed by atoms with Crippen molar-refractivity contribution in [2.45, 2.75) is 0 Å². The molecule has 0 radical (unpaired) electrons. The van der Waals surface area contributed by atoms with Crippen molar-refractivity contribution in [3.05, 3.63) is 0 Å². The van der Waals surface area contributed by atoms with Gasteiger partial charge in [-0.1, -0.05) is 0 Å². The smallest absolute Gasteiger partial charge is 0.236 e. The summed E-state index contributed by atoms with van der Waals surface area (Å²) in [5.41, 5.74) is 0. The van der Waals surface area contributed by atoms with Gasteiger partial charge in [-0.2, -0.15) is 0 Å².